The van der Waals surface area contributed by atoms with Crippen LogP contribution < -0.4 is 5.32 Å². The number of hydrogen-bond donors (Lipinski definition) is 1. The average molecular weight is 262 g/mol. The molecule has 102 valence electrons. The lowest BCUT2D eigenvalue weighted by Gasteiger charge is -2.32. The first kappa shape index (κ1) is 12.6. The molecule has 4 heteroatoms. The summed E-state index contributed by atoms with van der Waals surface area (Å²) >= 11 is 0. The largest absolute Gasteiger partial charge is 0.348 e. The lowest BCUT2D eigenvalue weighted by molar-refractivity contribution is 0.0911. The van der Waals surface area contributed by atoms with Crippen molar-refractivity contribution in [3.63, 3.8) is 0 Å². The van der Waals surface area contributed by atoms with Gasteiger partial charge < -0.3 is 5.32 Å². The quantitative estimate of drug-likeness (QED) is 0.886. The molecule has 2 heterocycles. The molecule has 2 atom stereocenters. The Kier molecular flexibility index (Phi) is 3.51. The molecule has 0 aliphatic carbocycles. The molecule has 1 aromatic carbocycles. The van der Waals surface area contributed by atoms with Crippen LogP contribution in [-0.2, 0) is 0 Å². The molecule has 2 saturated heterocycles. The smallest absolute Gasteiger partial charge is 0.254 e. The highest BCUT2D eigenvalue weighted by atomic mass is 19.1. The zero-order valence-electron chi connectivity index (χ0n) is 10.9. The van der Waals surface area contributed by atoms with E-state index in [2.05, 4.69) is 10.2 Å². The van der Waals surface area contributed by atoms with Gasteiger partial charge in [-0.3, -0.25) is 9.69 Å². The fourth-order valence-electron chi connectivity index (χ4n) is 3.31. The number of halogens is 1. The number of fused-ring (bicyclic) bond motifs is 1. The van der Waals surface area contributed by atoms with Crippen molar-refractivity contribution in [1.29, 1.82) is 0 Å². The van der Waals surface area contributed by atoms with Crippen molar-refractivity contribution in [1.82, 2.24) is 10.2 Å². The van der Waals surface area contributed by atoms with Gasteiger partial charge in [0.25, 0.3) is 5.91 Å². The fraction of sp³-hybridized carbons (Fsp3) is 0.533. The summed E-state index contributed by atoms with van der Waals surface area (Å²) in [4.78, 5) is 14.6. The molecular weight excluding hydrogens is 243 g/mol. The predicted octanol–water partition coefficient (Wildman–Crippen LogP) is 2.18. The summed E-state index contributed by atoms with van der Waals surface area (Å²) in [6, 6.07) is 6.79. The third kappa shape index (κ3) is 2.50. The Morgan fingerprint density at radius 2 is 2.05 bits per heavy atom. The van der Waals surface area contributed by atoms with Crippen molar-refractivity contribution < 1.29 is 9.18 Å². The van der Waals surface area contributed by atoms with Gasteiger partial charge in [-0.05, 0) is 37.9 Å². The van der Waals surface area contributed by atoms with Crippen LogP contribution in [0.1, 0.15) is 36.0 Å². The number of rotatable bonds is 2. The summed E-state index contributed by atoms with van der Waals surface area (Å²) < 4.78 is 13.6. The minimum atomic E-state index is -0.446. The van der Waals surface area contributed by atoms with Gasteiger partial charge >= 0.3 is 0 Å². The van der Waals surface area contributed by atoms with Crippen molar-refractivity contribution in [2.45, 2.75) is 37.8 Å². The zero-order valence-corrected chi connectivity index (χ0v) is 10.9. The van der Waals surface area contributed by atoms with E-state index >= 15 is 0 Å². The molecule has 0 bridgehead atoms. The second kappa shape index (κ2) is 5.29. The van der Waals surface area contributed by atoms with Crippen LogP contribution in [0.25, 0.3) is 0 Å². The first-order valence-corrected chi connectivity index (χ1v) is 7.05. The third-order valence-corrected chi connectivity index (χ3v) is 4.29. The SMILES string of the molecule is O=C(NC1CCN2CCCCC12)c1ccccc1F. The summed E-state index contributed by atoms with van der Waals surface area (Å²) in [7, 11) is 0. The van der Waals surface area contributed by atoms with Crippen LogP contribution >= 0.6 is 0 Å². The second-order valence-corrected chi connectivity index (χ2v) is 5.45. The highest BCUT2D eigenvalue weighted by molar-refractivity contribution is 5.94. The highest BCUT2D eigenvalue weighted by Crippen LogP contribution is 2.27. The number of piperidine rings is 1. The Morgan fingerprint density at radius 3 is 2.89 bits per heavy atom. The van der Waals surface area contributed by atoms with Crippen LogP contribution in [-0.4, -0.2) is 36.0 Å². The Labute approximate surface area is 112 Å². The molecule has 1 N–H and O–H groups in total. The predicted molar refractivity (Wildman–Crippen MR) is 71.5 cm³/mol. The summed E-state index contributed by atoms with van der Waals surface area (Å²) in [5.41, 5.74) is 0.150. The van der Waals surface area contributed by atoms with Gasteiger partial charge in [-0.2, -0.15) is 0 Å². The van der Waals surface area contributed by atoms with E-state index in [4.69, 9.17) is 0 Å². The van der Waals surface area contributed by atoms with Gasteiger partial charge in [-0.1, -0.05) is 18.6 Å². The maximum Gasteiger partial charge on any atom is 0.254 e. The Morgan fingerprint density at radius 1 is 1.21 bits per heavy atom. The molecule has 1 amide bonds. The summed E-state index contributed by atoms with van der Waals surface area (Å²) in [6.07, 6.45) is 4.60. The number of benzene rings is 1. The van der Waals surface area contributed by atoms with Crippen LogP contribution in [0.5, 0.6) is 0 Å². The van der Waals surface area contributed by atoms with E-state index in [9.17, 15) is 9.18 Å². The summed E-state index contributed by atoms with van der Waals surface area (Å²) in [6.45, 7) is 2.18. The van der Waals surface area contributed by atoms with Crippen molar-refractivity contribution in [3.05, 3.63) is 35.6 Å². The van der Waals surface area contributed by atoms with Crippen LogP contribution in [0.3, 0.4) is 0 Å². The molecule has 0 spiro atoms. The van der Waals surface area contributed by atoms with Gasteiger partial charge in [0.05, 0.1) is 5.56 Å². The van der Waals surface area contributed by atoms with E-state index in [-0.39, 0.29) is 17.5 Å². The first-order chi connectivity index (χ1) is 9.25. The zero-order chi connectivity index (χ0) is 13.2. The lowest BCUT2D eigenvalue weighted by Crippen LogP contribution is -2.46. The van der Waals surface area contributed by atoms with Gasteiger partial charge in [-0.25, -0.2) is 4.39 Å². The highest BCUT2D eigenvalue weighted by Gasteiger charge is 2.36. The molecule has 3 rings (SSSR count). The van der Waals surface area contributed by atoms with Gasteiger partial charge in [0.1, 0.15) is 5.82 Å². The van der Waals surface area contributed by atoms with E-state index in [1.165, 1.54) is 25.0 Å². The lowest BCUT2D eigenvalue weighted by atomic mass is 9.99. The van der Waals surface area contributed by atoms with Gasteiger partial charge in [0.2, 0.25) is 0 Å². The van der Waals surface area contributed by atoms with Gasteiger partial charge in [0, 0.05) is 18.6 Å². The van der Waals surface area contributed by atoms with Crippen molar-refractivity contribution in [3.8, 4) is 0 Å². The van der Waals surface area contributed by atoms with Gasteiger partial charge in [0.15, 0.2) is 0 Å². The number of amides is 1. The molecule has 0 radical (unpaired) electrons. The summed E-state index contributed by atoms with van der Waals surface area (Å²) in [5, 5.41) is 3.01. The fourth-order valence-corrected chi connectivity index (χ4v) is 3.31. The Bertz CT molecular complexity index is 477. The molecule has 2 fully saturated rings. The van der Waals surface area contributed by atoms with Crippen LogP contribution in [0.15, 0.2) is 24.3 Å². The monoisotopic (exact) mass is 262 g/mol. The summed E-state index contributed by atoms with van der Waals surface area (Å²) in [5.74, 6) is -0.728. The molecule has 2 unspecified atom stereocenters. The van der Waals surface area contributed by atoms with Crippen LogP contribution in [0.2, 0.25) is 0 Å². The van der Waals surface area contributed by atoms with E-state index in [0.717, 1.165) is 25.9 Å². The average Bonchev–Trinajstić information content (AvgIpc) is 2.83. The second-order valence-electron chi connectivity index (χ2n) is 5.45. The van der Waals surface area contributed by atoms with E-state index in [1.807, 2.05) is 0 Å². The van der Waals surface area contributed by atoms with E-state index < -0.39 is 5.82 Å². The van der Waals surface area contributed by atoms with Crippen LogP contribution in [0.4, 0.5) is 4.39 Å². The van der Waals surface area contributed by atoms with Crippen molar-refractivity contribution in [2.24, 2.45) is 0 Å². The maximum atomic E-state index is 13.6. The molecule has 2 aliphatic rings. The molecule has 19 heavy (non-hydrogen) atoms. The van der Waals surface area contributed by atoms with Crippen LogP contribution in [0, 0.1) is 5.82 Å². The maximum absolute atomic E-state index is 13.6. The van der Waals surface area contributed by atoms with Crippen molar-refractivity contribution >= 4 is 5.91 Å². The van der Waals surface area contributed by atoms with Crippen molar-refractivity contribution in [2.75, 3.05) is 13.1 Å². The van der Waals surface area contributed by atoms with E-state index in [0.29, 0.717) is 6.04 Å². The number of carbonyl (C=O) groups excluding carboxylic acids is 1. The number of hydrogen-bond acceptors (Lipinski definition) is 2. The molecular formula is C15H19FN2O. The number of nitrogens with zero attached hydrogens (tertiary/aromatic N) is 1. The molecule has 3 nitrogen and oxygen atoms in total. The molecule has 0 aromatic heterocycles. The molecule has 1 aromatic rings. The minimum Gasteiger partial charge on any atom is -0.348 e. The third-order valence-electron chi connectivity index (χ3n) is 4.29. The standard InChI is InChI=1S/C15H19FN2O/c16-12-6-2-1-5-11(12)15(19)17-13-8-10-18-9-4-3-7-14(13)18/h1-2,5-6,13-14H,3-4,7-10H2,(H,17,19). The first-order valence-electron chi connectivity index (χ1n) is 7.05. The minimum absolute atomic E-state index is 0.150. The topological polar surface area (TPSA) is 32.3 Å². The Balaban J connectivity index is 1.68. The molecule has 2 aliphatic heterocycles. The molecule has 0 saturated carbocycles. The Hall–Kier alpha value is -1.42. The van der Waals surface area contributed by atoms with E-state index in [1.54, 1.807) is 12.1 Å². The number of nitrogens with one attached hydrogen (secondary N) is 1. The van der Waals surface area contributed by atoms with Gasteiger partial charge in [-0.15, -0.1) is 0 Å². The normalized spacial score (nSPS) is 27.0. The number of carbonyl (C=O) groups is 1.